The third-order valence-corrected chi connectivity index (χ3v) is 8.72. The third-order valence-electron chi connectivity index (χ3n) is 7.35. The number of carbonyl (C=O) groups is 3. The zero-order chi connectivity index (χ0) is 28.1. The lowest BCUT2D eigenvalue weighted by Gasteiger charge is -2.38. The van der Waals surface area contributed by atoms with Gasteiger partial charge in [0.2, 0.25) is 5.91 Å². The maximum absolute atomic E-state index is 13.0. The molecule has 11 heteroatoms. The van der Waals surface area contributed by atoms with Gasteiger partial charge < -0.3 is 25.3 Å². The smallest absolute Gasteiger partial charge is 0.275 e. The van der Waals surface area contributed by atoms with Crippen molar-refractivity contribution >= 4 is 62.1 Å². The lowest BCUT2D eigenvalue weighted by atomic mass is 10.1. The predicted octanol–water partition coefficient (Wildman–Crippen LogP) is 4.54. The number of benzene rings is 2. The highest BCUT2D eigenvalue weighted by atomic mass is 79.9. The summed E-state index contributed by atoms with van der Waals surface area (Å²) in [5.41, 5.74) is 4.73. The quantitative estimate of drug-likeness (QED) is 0.339. The summed E-state index contributed by atoms with van der Waals surface area (Å²) < 4.78 is 0.633. The number of aromatic nitrogens is 1. The monoisotopic (exact) mass is 624 g/mol. The van der Waals surface area contributed by atoms with Crippen molar-refractivity contribution in [3.63, 3.8) is 0 Å². The van der Waals surface area contributed by atoms with E-state index in [1.165, 1.54) is 22.6 Å². The highest BCUT2D eigenvalue weighted by molar-refractivity contribution is 9.11. The van der Waals surface area contributed by atoms with Gasteiger partial charge in [-0.1, -0.05) is 18.2 Å². The second-order valence-electron chi connectivity index (χ2n) is 10.0. The van der Waals surface area contributed by atoms with Crippen molar-refractivity contribution < 1.29 is 14.4 Å². The fourth-order valence-electron chi connectivity index (χ4n) is 5.22. The van der Waals surface area contributed by atoms with E-state index in [4.69, 9.17) is 0 Å². The number of hydrogen-bond donors (Lipinski definition) is 2. The minimum Gasteiger partial charge on any atom is -0.368 e. The zero-order valence-corrected chi connectivity index (χ0v) is 24.9. The zero-order valence-electron chi connectivity index (χ0n) is 22.5. The van der Waals surface area contributed by atoms with Gasteiger partial charge >= 0.3 is 0 Å². The minimum absolute atomic E-state index is 0.189. The maximum Gasteiger partial charge on any atom is 0.275 e. The summed E-state index contributed by atoms with van der Waals surface area (Å²) >= 11 is 4.66. The Morgan fingerprint density at radius 1 is 1.00 bits per heavy atom. The number of carbonyl (C=O) groups excluding carboxylic acids is 3. The Labute approximate surface area is 246 Å². The molecule has 0 unspecified atom stereocenters. The molecule has 0 saturated carbocycles. The Morgan fingerprint density at radius 2 is 1.75 bits per heavy atom. The normalized spacial score (nSPS) is 15.4. The van der Waals surface area contributed by atoms with Gasteiger partial charge in [-0.25, -0.2) is 4.98 Å². The molecule has 2 saturated heterocycles. The van der Waals surface area contributed by atoms with Crippen LogP contribution in [0.2, 0.25) is 0 Å². The first-order valence-electron chi connectivity index (χ1n) is 13.6. The van der Waals surface area contributed by atoms with Crippen LogP contribution in [0.1, 0.15) is 45.7 Å². The Balaban J connectivity index is 1.28. The van der Waals surface area contributed by atoms with Gasteiger partial charge in [-0.05, 0) is 65.5 Å². The molecular weight excluding hydrogens is 592 g/mol. The number of aryl methyl sites for hydroxylation is 1. The number of nitrogens with zero attached hydrogens (tertiary/aromatic N) is 4. The van der Waals surface area contributed by atoms with Crippen LogP contribution in [0.5, 0.6) is 0 Å². The van der Waals surface area contributed by atoms with Crippen LogP contribution < -0.4 is 20.4 Å². The number of nitrogens with one attached hydrogen (secondary N) is 2. The maximum atomic E-state index is 13.0. The van der Waals surface area contributed by atoms with Crippen LogP contribution >= 0.6 is 27.3 Å². The van der Waals surface area contributed by atoms with E-state index in [9.17, 15) is 14.4 Å². The van der Waals surface area contributed by atoms with Crippen molar-refractivity contribution in [1.29, 1.82) is 0 Å². The van der Waals surface area contributed by atoms with Crippen LogP contribution in [0.3, 0.4) is 0 Å². The van der Waals surface area contributed by atoms with E-state index in [1.807, 2.05) is 11.0 Å². The summed E-state index contributed by atoms with van der Waals surface area (Å²) in [7, 11) is 0. The lowest BCUT2D eigenvalue weighted by molar-refractivity contribution is -0.127. The fourth-order valence-corrected chi connectivity index (χ4v) is 6.21. The number of rotatable bonds is 9. The Bertz CT molecular complexity index is 1390. The molecule has 2 N–H and O–H groups in total. The summed E-state index contributed by atoms with van der Waals surface area (Å²) in [5, 5.41) is 7.65. The van der Waals surface area contributed by atoms with E-state index in [0.29, 0.717) is 46.8 Å². The van der Waals surface area contributed by atoms with Gasteiger partial charge in [-0.2, -0.15) is 0 Å². The van der Waals surface area contributed by atoms with Crippen LogP contribution in [0.15, 0.2) is 51.8 Å². The number of halogens is 1. The molecule has 2 aliphatic heterocycles. The van der Waals surface area contributed by atoms with Crippen LogP contribution in [0.25, 0.3) is 0 Å². The molecule has 0 spiro atoms. The Morgan fingerprint density at radius 3 is 2.42 bits per heavy atom. The molecule has 2 fully saturated rings. The van der Waals surface area contributed by atoms with Gasteiger partial charge in [0.25, 0.3) is 11.8 Å². The number of piperazine rings is 1. The molecule has 9 nitrogen and oxygen atoms in total. The highest BCUT2D eigenvalue weighted by Crippen LogP contribution is 2.31. The lowest BCUT2D eigenvalue weighted by Crippen LogP contribution is -2.47. The van der Waals surface area contributed by atoms with Crippen LogP contribution in [-0.2, 0) is 4.79 Å². The standard InChI is InChI=1S/C29H33BrN6O3S/c1-20-6-2-3-7-24(20)34-14-16-35(17-15-34)25-10-9-21(18-22(25)32-28(39)23-19-40-29(30)33-23)27(38)31-11-5-13-36-12-4-8-26(36)37/h2-3,6-7,9-10,18-19H,4-5,8,11-17H2,1H3,(H,31,38)(H,32,39). The molecule has 0 radical (unpaired) electrons. The van der Waals surface area contributed by atoms with Gasteiger partial charge in [0.05, 0.1) is 11.4 Å². The second kappa shape index (κ2) is 12.8. The van der Waals surface area contributed by atoms with E-state index < -0.39 is 0 Å². The first-order chi connectivity index (χ1) is 19.4. The largest absolute Gasteiger partial charge is 0.368 e. The summed E-state index contributed by atoms with van der Waals surface area (Å²) in [6.45, 7) is 7.29. The first kappa shape index (κ1) is 28.1. The molecule has 1 aromatic heterocycles. The van der Waals surface area contributed by atoms with Gasteiger partial charge in [-0.3, -0.25) is 14.4 Å². The molecule has 0 aliphatic carbocycles. The topological polar surface area (TPSA) is 97.9 Å². The van der Waals surface area contributed by atoms with E-state index in [0.717, 1.165) is 44.8 Å². The van der Waals surface area contributed by atoms with Gasteiger partial charge in [0.15, 0.2) is 3.92 Å². The molecule has 0 atom stereocenters. The molecule has 3 heterocycles. The summed E-state index contributed by atoms with van der Waals surface area (Å²) in [6.07, 6.45) is 2.22. The highest BCUT2D eigenvalue weighted by Gasteiger charge is 2.23. The molecule has 5 rings (SSSR count). The van der Waals surface area contributed by atoms with Gasteiger partial charge in [0, 0.05) is 68.9 Å². The molecular formula is C29H33BrN6O3S. The number of anilines is 3. The molecule has 3 amide bonds. The SMILES string of the molecule is Cc1ccccc1N1CCN(c2ccc(C(=O)NCCCN3CCCC3=O)cc2NC(=O)c2csc(Br)n2)CC1. The molecule has 2 aromatic carbocycles. The number of likely N-dealkylation sites (tertiary alicyclic amines) is 1. The molecule has 40 heavy (non-hydrogen) atoms. The molecule has 3 aromatic rings. The Kier molecular flexibility index (Phi) is 9.01. The van der Waals surface area contributed by atoms with Gasteiger partial charge in [0.1, 0.15) is 5.69 Å². The number of para-hydroxylation sites is 1. The minimum atomic E-state index is -0.324. The van der Waals surface area contributed by atoms with Crippen molar-refractivity contribution in [2.24, 2.45) is 0 Å². The molecule has 2 aliphatic rings. The first-order valence-corrected chi connectivity index (χ1v) is 15.2. The predicted molar refractivity (Wildman–Crippen MR) is 163 cm³/mol. The molecule has 210 valence electrons. The van der Waals surface area contributed by atoms with Gasteiger partial charge in [-0.15, -0.1) is 11.3 Å². The second-order valence-corrected chi connectivity index (χ2v) is 12.2. The van der Waals surface area contributed by atoms with Crippen molar-refractivity contribution in [2.45, 2.75) is 26.2 Å². The van der Waals surface area contributed by atoms with Crippen molar-refractivity contribution in [3.8, 4) is 0 Å². The van der Waals surface area contributed by atoms with Crippen molar-refractivity contribution in [3.05, 3.63) is 68.6 Å². The van der Waals surface area contributed by atoms with E-state index >= 15 is 0 Å². The summed E-state index contributed by atoms with van der Waals surface area (Å²) in [5.74, 6) is -0.348. The molecule has 0 bridgehead atoms. The van der Waals surface area contributed by atoms with E-state index in [1.54, 1.807) is 17.5 Å². The van der Waals surface area contributed by atoms with E-state index in [2.05, 4.69) is 72.5 Å². The Hall–Kier alpha value is -3.44. The number of amides is 3. The van der Waals surface area contributed by atoms with Crippen molar-refractivity contribution in [2.75, 3.05) is 60.9 Å². The number of thiazole rings is 1. The number of hydrogen-bond acceptors (Lipinski definition) is 7. The average Bonchev–Trinajstić information content (AvgIpc) is 3.59. The van der Waals surface area contributed by atoms with Crippen molar-refractivity contribution in [1.82, 2.24) is 15.2 Å². The van der Waals surface area contributed by atoms with Crippen LogP contribution in [0, 0.1) is 6.92 Å². The summed E-state index contributed by atoms with van der Waals surface area (Å²) in [4.78, 5) is 48.6. The summed E-state index contributed by atoms with van der Waals surface area (Å²) in [6, 6.07) is 13.8. The van der Waals surface area contributed by atoms with Crippen LogP contribution in [0.4, 0.5) is 17.1 Å². The van der Waals surface area contributed by atoms with Crippen LogP contribution in [-0.4, -0.2) is 73.4 Å². The third kappa shape index (κ3) is 6.64. The fraction of sp³-hybridized carbons (Fsp3) is 0.379. The average molecular weight is 626 g/mol. The van der Waals surface area contributed by atoms with E-state index in [-0.39, 0.29) is 17.7 Å².